The van der Waals surface area contributed by atoms with Gasteiger partial charge in [0.25, 0.3) is 0 Å². The summed E-state index contributed by atoms with van der Waals surface area (Å²) in [5, 5.41) is 3.28. The van der Waals surface area contributed by atoms with Crippen LogP contribution >= 0.6 is 0 Å². The van der Waals surface area contributed by atoms with Crippen LogP contribution in [0.4, 0.5) is 4.39 Å². The lowest BCUT2D eigenvalue weighted by atomic mass is 10.1. The number of rotatable bonds is 7. The van der Waals surface area contributed by atoms with E-state index in [0.717, 1.165) is 37.9 Å². The number of benzene rings is 1. The summed E-state index contributed by atoms with van der Waals surface area (Å²) < 4.78 is 13.2. The van der Waals surface area contributed by atoms with Crippen LogP contribution in [-0.2, 0) is 6.42 Å². The molecule has 0 atom stereocenters. The highest BCUT2D eigenvalue weighted by Gasteiger charge is 1.98. The first-order valence-corrected chi connectivity index (χ1v) is 5.39. The fourth-order valence-corrected chi connectivity index (χ4v) is 1.42. The molecule has 1 aromatic rings. The molecule has 0 aliphatic carbocycles. The monoisotopic (exact) mass is 207 g/mol. The van der Waals surface area contributed by atoms with Gasteiger partial charge in [-0.3, -0.25) is 0 Å². The Bertz CT molecular complexity index is 296. The predicted molar refractivity (Wildman–Crippen MR) is 62.4 cm³/mol. The van der Waals surface area contributed by atoms with Gasteiger partial charge < -0.3 is 5.32 Å². The van der Waals surface area contributed by atoms with Gasteiger partial charge in [0.05, 0.1) is 0 Å². The van der Waals surface area contributed by atoms with E-state index in [2.05, 4.69) is 11.9 Å². The second kappa shape index (κ2) is 7.18. The van der Waals surface area contributed by atoms with Gasteiger partial charge in [-0.1, -0.05) is 24.3 Å². The molecule has 0 unspecified atom stereocenters. The molecular weight excluding hydrogens is 189 g/mol. The van der Waals surface area contributed by atoms with Crippen LogP contribution in [0.2, 0.25) is 0 Å². The Morgan fingerprint density at radius 3 is 2.80 bits per heavy atom. The van der Waals surface area contributed by atoms with Gasteiger partial charge in [0.15, 0.2) is 0 Å². The van der Waals surface area contributed by atoms with Crippen molar-refractivity contribution >= 4 is 0 Å². The summed E-state index contributed by atoms with van der Waals surface area (Å²) >= 11 is 0. The topological polar surface area (TPSA) is 12.0 Å². The molecule has 1 rings (SSSR count). The summed E-state index contributed by atoms with van der Waals surface area (Å²) in [4.78, 5) is 0. The van der Waals surface area contributed by atoms with Crippen molar-refractivity contribution in [2.24, 2.45) is 0 Å². The third kappa shape index (κ3) is 4.75. The van der Waals surface area contributed by atoms with Crippen molar-refractivity contribution in [3.8, 4) is 0 Å². The van der Waals surface area contributed by atoms with E-state index in [9.17, 15) is 4.39 Å². The molecule has 15 heavy (non-hydrogen) atoms. The second-order valence-corrected chi connectivity index (χ2v) is 3.52. The molecule has 0 amide bonds. The molecule has 0 fully saturated rings. The van der Waals surface area contributed by atoms with Crippen molar-refractivity contribution in [1.82, 2.24) is 5.32 Å². The van der Waals surface area contributed by atoms with Crippen molar-refractivity contribution < 1.29 is 4.39 Å². The maximum atomic E-state index is 13.2. The van der Waals surface area contributed by atoms with Gasteiger partial charge in [-0.2, -0.15) is 0 Å². The van der Waals surface area contributed by atoms with Crippen LogP contribution in [0.1, 0.15) is 18.4 Å². The Balaban J connectivity index is 2.15. The Morgan fingerprint density at radius 1 is 1.27 bits per heavy atom. The molecule has 0 saturated heterocycles. The second-order valence-electron chi connectivity index (χ2n) is 3.52. The fourth-order valence-electron chi connectivity index (χ4n) is 1.42. The van der Waals surface area contributed by atoms with E-state index in [-0.39, 0.29) is 5.82 Å². The molecule has 1 aromatic carbocycles. The zero-order valence-electron chi connectivity index (χ0n) is 9.01. The van der Waals surface area contributed by atoms with Crippen LogP contribution in [-0.4, -0.2) is 13.1 Å². The van der Waals surface area contributed by atoms with Crippen molar-refractivity contribution in [1.29, 1.82) is 0 Å². The number of allylic oxidation sites excluding steroid dienone is 1. The molecule has 0 radical (unpaired) electrons. The predicted octanol–water partition coefficient (Wildman–Crippen LogP) is 2.92. The third-order valence-electron chi connectivity index (χ3n) is 2.29. The standard InChI is InChI=1S/C13H18FN/c1-2-3-6-10-15-11-9-12-7-4-5-8-13(12)14/h2,4-5,7-8,15H,1,3,6,9-11H2. The summed E-state index contributed by atoms with van der Waals surface area (Å²) in [6.07, 6.45) is 4.80. The molecule has 0 bridgehead atoms. The summed E-state index contributed by atoms with van der Waals surface area (Å²) in [6.45, 7) is 5.46. The van der Waals surface area contributed by atoms with Crippen LogP contribution in [0, 0.1) is 5.82 Å². The van der Waals surface area contributed by atoms with Crippen LogP contribution in [0.15, 0.2) is 36.9 Å². The highest BCUT2D eigenvalue weighted by Crippen LogP contribution is 2.05. The highest BCUT2D eigenvalue weighted by atomic mass is 19.1. The molecule has 1 N–H and O–H groups in total. The lowest BCUT2D eigenvalue weighted by molar-refractivity contribution is 0.594. The largest absolute Gasteiger partial charge is 0.316 e. The van der Waals surface area contributed by atoms with Crippen LogP contribution < -0.4 is 5.32 Å². The van der Waals surface area contributed by atoms with Crippen molar-refractivity contribution in [2.45, 2.75) is 19.3 Å². The van der Waals surface area contributed by atoms with E-state index in [1.807, 2.05) is 18.2 Å². The summed E-state index contributed by atoms with van der Waals surface area (Å²) in [5.74, 6) is -0.106. The first-order chi connectivity index (χ1) is 7.34. The number of nitrogens with one attached hydrogen (secondary N) is 1. The maximum Gasteiger partial charge on any atom is 0.126 e. The van der Waals surface area contributed by atoms with Gasteiger partial charge >= 0.3 is 0 Å². The number of hydrogen-bond donors (Lipinski definition) is 1. The molecule has 0 aromatic heterocycles. The van der Waals surface area contributed by atoms with Crippen LogP contribution in [0.5, 0.6) is 0 Å². The van der Waals surface area contributed by atoms with Gasteiger partial charge in [0, 0.05) is 0 Å². The molecule has 0 aliphatic heterocycles. The van der Waals surface area contributed by atoms with Gasteiger partial charge in [-0.25, -0.2) is 4.39 Å². The minimum absolute atomic E-state index is 0.106. The minimum Gasteiger partial charge on any atom is -0.316 e. The highest BCUT2D eigenvalue weighted by molar-refractivity contribution is 5.17. The van der Waals surface area contributed by atoms with E-state index >= 15 is 0 Å². The smallest absolute Gasteiger partial charge is 0.126 e. The minimum atomic E-state index is -0.106. The zero-order valence-corrected chi connectivity index (χ0v) is 9.01. The Labute approximate surface area is 91.0 Å². The Morgan fingerprint density at radius 2 is 2.07 bits per heavy atom. The number of hydrogen-bond acceptors (Lipinski definition) is 1. The lowest BCUT2D eigenvalue weighted by Crippen LogP contribution is -2.18. The molecule has 0 heterocycles. The fraction of sp³-hybridized carbons (Fsp3) is 0.385. The van der Waals surface area contributed by atoms with E-state index in [1.165, 1.54) is 6.07 Å². The molecule has 0 saturated carbocycles. The third-order valence-corrected chi connectivity index (χ3v) is 2.29. The molecule has 2 heteroatoms. The van der Waals surface area contributed by atoms with Crippen molar-refractivity contribution in [3.63, 3.8) is 0 Å². The van der Waals surface area contributed by atoms with Gasteiger partial charge in [0.1, 0.15) is 5.82 Å². The van der Waals surface area contributed by atoms with Gasteiger partial charge in [-0.05, 0) is 44.0 Å². The molecule has 0 spiro atoms. The van der Waals surface area contributed by atoms with Gasteiger partial charge in [-0.15, -0.1) is 6.58 Å². The number of unbranched alkanes of at least 4 members (excludes halogenated alkanes) is 1. The summed E-state index contributed by atoms with van der Waals surface area (Å²) in [6, 6.07) is 6.93. The maximum absolute atomic E-state index is 13.2. The quantitative estimate of drug-likeness (QED) is 0.535. The van der Waals surface area contributed by atoms with Gasteiger partial charge in [0.2, 0.25) is 0 Å². The molecule has 82 valence electrons. The van der Waals surface area contributed by atoms with Crippen molar-refractivity contribution in [2.75, 3.05) is 13.1 Å². The number of halogens is 1. The van der Waals surface area contributed by atoms with E-state index in [0.29, 0.717) is 0 Å². The SMILES string of the molecule is C=CCCCNCCc1ccccc1F. The summed E-state index contributed by atoms with van der Waals surface area (Å²) in [5.41, 5.74) is 0.786. The van der Waals surface area contributed by atoms with E-state index in [4.69, 9.17) is 0 Å². The normalized spacial score (nSPS) is 10.2. The average Bonchev–Trinajstić information content (AvgIpc) is 2.25. The average molecular weight is 207 g/mol. The molecular formula is C13H18FN. The molecule has 0 aliphatic rings. The van der Waals surface area contributed by atoms with E-state index in [1.54, 1.807) is 6.07 Å². The Hall–Kier alpha value is -1.15. The summed E-state index contributed by atoms with van der Waals surface area (Å²) in [7, 11) is 0. The van der Waals surface area contributed by atoms with Crippen molar-refractivity contribution in [3.05, 3.63) is 48.3 Å². The van der Waals surface area contributed by atoms with Crippen LogP contribution in [0.25, 0.3) is 0 Å². The Kier molecular flexibility index (Phi) is 5.71. The van der Waals surface area contributed by atoms with Crippen LogP contribution in [0.3, 0.4) is 0 Å². The molecule has 1 nitrogen and oxygen atoms in total. The lowest BCUT2D eigenvalue weighted by Gasteiger charge is -2.04. The van der Waals surface area contributed by atoms with E-state index < -0.39 is 0 Å². The first kappa shape index (κ1) is 11.9. The zero-order chi connectivity index (χ0) is 10.9. The first-order valence-electron chi connectivity index (χ1n) is 5.39.